The SMILES string of the molecule is Cc1ccc(NC(=O)COc2ccc(/C=C3\SC(=O)N(CC(=O)Nc4ccccc4C)C3=O)cc2)cc1C. The first-order chi connectivity index (χ1) is 18.2. The molecule has 38 heavy (non-hydrogen) atoms. The minimum atomic E-state index is -0.525. The molecule has 0 atom stereocenters. The van der Waals surface area contributed by atoms with Gasteiger partial charge in [-0.15, -0.1) is 0 Å². The summed E-state index contributed by atoms with van der Waals surface area (Å²) < 4.78 is 5.56. The van der Waals surface area contributed by atoms with Gasteiger partial charge in [-0.2, -0.15) is 0 Å². The second-order valence-corrected chi connectivity index (χ2v) is 9.83. The van der Waals surface area contributed by atoms with Gasteiger partial charge in [-0.3, -0.25) is 24.1 Å². The summed E-state index contributed by atoms with van der Waals surface area (Å²) in [5.74, 6) is -0.773. The first-order valence-electron chi connectivity index (χ1n) is 11.9. The molecule has 4 rings (SSSR count). The second-order valence-electron chi connectivity index (χ2n) is 8.84. The highest BCUT2D eigenvalue weighted by Crippen LogP contribution is 2.32. The molecule has 1 aliphatic rings. The van der Waals surface area contributed by atoms with Gasteiger partial charge in [-0.1, -0.05) is 36.4 Å². The lowest BCUT2D eigenvalue weighted by Gasteiger charge is -2.13. The highest BCUT2D eigenvalue weighted by Gasteiger charge is 2.36. The Morgan fingerprint density at radius 2 is 1.61 bits per heavy atom. The lowest BCUT2D eigenvalue weighted by molar-refractivity contribution is -0.127. The standard InChI is InChI=1S/C29H27N3O5S/c1-18-8-11-22(14-20(18)3)30-27(34)17-37-23-12-9-21(10-13-23)15-25-28(35)32(29(36)38-25)16-26(33)31-24-7-5-4-6-19(24)2/h4-15H,16-17H2,1-3H3,(H,30,34)(H,31,33)/b25-15-. The number of anilines is 2. The van der Waals surface area contributed by atoms with E-state index < -0.39 is 17.1 Å². The summed E-state index contributed by atoms with van der Waals surface area (Å²) in [4.78, 5) is 51.0. The number of hydrogen-bond donors (Lipinski definition) is 2. The number of hydrogen-bond acceptors (Lipinski definition) is 6. The van der Waals surface area contributed by atoms with Crippen molar-refractivity contribution in [1.82, 2.24) is 4.90 Å². The topological polar surface area (TPSA) is 105 Å². The van der Waals surface area contributed by atoms with E-state index in [0.29, 0.717) is 22.7 Å². The van der Waals surface area contributed by atoms with Gasteiger partial charge in [-0.05, 0) is 91.2 Å². The second kappa shape index (κ2) is 11.8. The van der Waals surface area contributed by atoms with E-state index in [1.165, 1.54) is 0 Å². The van der Waals surface area contributed by atoms with E-state index in [1.807, 2.05) is 51.1 Å². The monoisotopic (exact) mass is 529 g/mol. The molecule has 9 heteroatoms. The molecular formula is C29H27N3O5S. The molecule has 0 bridgehead atoms. The Kier molecular flexibility index (Phi) is 8.28. The fourth-order valence-corrected chi connectivity index (χ4v) is 4.50. The molecule has 1 saturated heterocycles. The van der Waals surface area contributed by atoms with Crippen LogP contribution in [0.25, 0.3) is 6.08 Å². The fraction of sp³-hybridized carbons (Fsp3) is 0.172. The molecule has 1 aliphatic heterocycles. The zero-order chi connectivity index (χ0) is 27.2. The van der Waals surface area contributed by atoms with Crippen LogP contribution in [-0.4, -0.2) is 41.0 Å². The number of carbonyl (C=O) groups excluding carboxylic acids is 4. The maximum Gasteiger partial charge on any atom is 0.294 e. The van der Waals surface area contributed by atoms with Crippen LogP contribution in [0.1, 0.15) is 22.3 Å². The molecule has 1 heterocycles. The van der Waals surface area contributed by atoms with Crippen LogP contribution in [-0.2, 0) is 14.4 Å². The summed E-state index contributed by atoms with van der Waals surface area (Å²) in [5.41, 5.74) is 5.12. The molecule has 4 amide bonds. The van der Waals surface area contributed by atoms with Gasteiger partial charge in [0.2, 0.25) is 5.91 Å². The molecule has 1 fully saturated rings. The van der Waals surface area contributed by atoms with Crippen molar-refractivity contribution in [3.05, 3.63) is 93.9 Å². The van der Waals surface area contributed by atoms with E-state index in [1.54, 1.807) is 42.5 Å². The number of thioether (sulfide) groups is 1. The molecule has 0 aromatic heterocycles. The van der Waals surface area contributed by atoms with Crippen LogP contribution in [0.15, 0.2) is 71.6 Å². The Bertz CT molecular complexity index is 1430. The highest BCUT2D eigenvalue weighted by atomic mass is 32.2. The summed E-state index contributed by atoms with van der Waals surface area (Å²) in [5, 5.41) is 5.03. The minimum absolute atomic E-state index is 0.157. The quantitative estimate of drug-likeness (QED) is 0.384. The number of aryl methyl sites for hydroxylation is 3. The van der Waals surface area contributed by atoms with Crippen LogP contribution in [0.2, 0.25) is 0 Å². The molecule has 3 aromatic carbocycles. The number of benzene rings is 3. The smallest absolute Gasteiger partial charge is 0.294 e. The average molecular weight is 530 g/mol. The molecule has 194 valence electrons. The van der Waals surface area contributed by atoms with Crippen molar-refractivity contribution in [2.45, 2.75) is 20.8 Å². The Balaban J connectivity index is 1.31. The van der Waals surface area contributed by atoms with Crippen molar-refractivity contribution in [2.24, 2.45) is 0 Å². The number of carbonyl (C=O) groups is 4. The van der Waals surface area contributed by atoms with E-state index in [4.69, 9.17) is 4.74 Å². The van der Waals surface area contributed by atoms with Crippen molar-refractivity contribution >= 4 is 52.2 Å². The summed E-state index contributed by atoms with van der Waals surface area (Å²) in [6, 6.07) is 19.7. The van der Waals surface area contributed by atoms with Gasteiger partial charge in [0, 0.05) is 11.4 Å². The summed E-state index contributed by atoms with van der Waals surface area (Å²) in [6.07, 6.45) is 1.58. The van der Waals surface area contributed by atoms with Gasteiger partial charge >= 0.3 is 0 Å². The zero-order valence-electron chi connectivity index (χ0n) is 21.2. The number of nitrogens with one attached hydrogen (secondary N) is 2. The van der Waals surface area contributed by atoms with E-state index in [9.17, 15) is 19.2 Å². The van der Waals surface area contributed by atoms with Crippen LogP contribution < -0.4 is 15.4 Å². The normalized spacial score (nSPS) is 14.1. The number of rotatable bonds is 8. The van der Waals surface area contributed by atoms with Crippen LogP contribution in [0, 0.1) is 20.8 Å². The molecular weight excluding hydrogens is 502 g/mol. The van der Waals surface area contributed by atoms with Gasteiger partial charge < -0.3 is 15.4 Å². The van der Waals surface area contributed by atoms with E-state index in [-0.39, 0.29) is 24.0 Å². The Labute approximate surface area is 225 Å². The van der Waals surface area contributed by atoms with Crippen molar-refractivity contribution in [1.29, 1.82) is 0 Å². The van der Waals surface area contributed by atoms with Crippen molar-refractivity contribution < 1.29 is 23.9 Å². The average Bonchev–Trinajstić information content (AvgIpc) is 3.14. The molecule has 0 saturated carbocycles. The minimum Gasteiger partial charge on any atom is -0.484 e. The number of amides is 4. The molecule has 2 N–H and O–H groups in total. The molecule has 0 unspecified atom stereocenters. The number of imide groups is 1. The van der Waals surface area contributed by atoms with Gasteiger partial charge in [-0.25, -0.2) is 0 Å². The van der Waals surface area contributed by atoms with Crippen molar-refractivity contribution in [2.75, 3.05) is 23.8 Å². The Hall–Kier alpha value is -4.37. The fourth-order valence-electron chi connectivity index (χ4n) is 3.66. The van der Waals surface area contributed by atoms with E-state index >= 15 is 0 Å². The predicted molar refractivity (Wildman–Crippen MR) is 149 cm³/mol. The van der Waals surface area contributed by atoms with E-state index in [0.717, 1.165) is 33.4 Å². The van der Waals surface area contributed by atoms with Crippen molar-refractivity contribution in [3.8, 4) is 5.75 Å². The molecule has 0 aliphatic carbocycles. The van der Waals surface area contributed by atoms with Crippen LogP contribution >= 0.6 is 11.8 Å². The van der Waals surface area contributed by atoms with Gasteiger partial charge in [0.25, 0.3) is 17.1 Å². The third kappa shape index (κ3) is 6.68. The Morgan fingerprint density at radius 3 is 2.32 bits per heavy atom. The molecule has 8 nitrogen and oxygen atoms in total. The first-order valence-corrected chi connectivity index (χ1v) is 12.7. The molecule has 3 aromatic rings. The Morgan fingerprint density at radius 1 is 0.868 bits per heavy atom. The molecule has 0 spiro atoms. The summed E-state index contributed by atoms with van der Waals surface area (Å²) in [7, 11) is 0. The van der Waals surface area contributed by atoms with Crippen LogP contribution in [0.4, 0.5) is 16.2 Å². The van der Waals surface area contributed by atoms with Gasteiger partial charge in [0.05, 0.1) is 4.91 Å². The van der Waals surface area contributed by atoms with Crippen LogP contribution in [0.3, 0.4) is 0 Å². The third-order valence-electron chi connectivity index (χ3n) is 5.93. The molecule has 0 radical (unpaired) electrons. The summed E-state index contributed by atoms with van der Waals surface area (Å²) >= 11 is 0.783. The largest absolute Gasteiger partial charge is 0.484 e. The lowest BCUT2D eigenvalue weighted by atomic mass is 10.1. The third-order valence-corrected chi connectivity index (χ3v) is 6.84. The van der Waals surface area contributed by atoms with Gasteiger partial charge in [0.15, 0.2) is 6.61 Å². The van der Waals surface area contributed by atoms with Crippen molar-refractivity contribution in [3.63, 3.8) is 0 Å². The summed E-state index contributed by atoms with van der Waals surface area (Å²) in [6.45, 7) is 5.32. The van der Waals surface area contributed by atoms with Crippen LogP contribution in [0.5, 0.6) is 5.75 Å². The number of para-hydroxylation sites is 1. The number of nitrogens with zero attached hydrogens (tertiary/aromatic N) is 1. The lowest BCUT2D eigenvalue weighted by Crippen LogP contribution is -2.36. The maximum atomic E-state index is 12.8. The first kappa shape index (κ1) is 26.7. The highest BCUT2D eigenvalue weighted by molar-refractivity contribution is 8.18. The maximum absolute atomic E-state index is 12.8. The zero-order valence-corrected chi connectivity index (χ0v) is 22.1. The predicted octanol–water partition coefficient (Wildman–Crippen LogP) is 5.30. The van der Waals surface area contributed by atoms with Gasteiger partial charge in [0.1, 0.15) is 12.3 Å². The van der Waals surface area contributed by atoms with E-state index in [2.05, 4.69) is 10.6 Å². The number of ether oxygens (including phenoxy) is 1.